The van der Waals surface area contributed by atoms with E-state index in [0.29, 0.717) is 6.04 Å². The van der Waals surface area contributed by atoms with Crippen molar-refractivity contribution < 1.29 is 4.79 Å². The summed E-state index contributed by atoms with van der Waals surface area (Å²) in [6, 6.07) is 10.3. The number of hydrogen-bond donors (Lipinski definition) is 0. The van der Waals surface area contributed by atoms with E-state index in [2.05, 4.69) is 12.0 Å². The molecular weight excluding hydrogens is 274 g/mol. The van der Waals surface area contributed by atoms with Gasteiger partial charge in [0, 0.05) is 30.5 Å². The molecule has 116 valence electrons. The zero-order chi connectivity index (χ0) is 15.4. The molecular formula is C18H23N3O. The van der Waals surface area contributed by atoms with Crippen LogP contribution in [0.5, 0.6) is 0 Å². The lowest BCUT2D eigenvalue weighted by Crippen LogP contribution is -2.38. The summed E-state index contributed by atoms with van der Waals surface area (Å²) >= 11 is 0. The molecule has 1 fully saturated rings. The van der Waals surface area contributed by atoms with Gasteiger partial charge in [-0.15, -0.1) is 0 Å². The Balaban J connectivity index is 1.69. The first kappa shape index (κ1) is 14.8. The van der Waals surface area contributed by atoms with Gasteiger partial charge in [-0.1, -0.05) is 25.0 Å². The van der Waals surface area contributed by atoms with Gasteiger partial charge < -0.3 is 4.90 Å². The molecule has 0 unspecified atom stereocenters. The van der Waals surface area contributed by atoms with Crippen LogP contribution in [0.25, 0.3) is 0 Å². The molecule has 0 bridgehead atoms. The molecule has 0 saturated heterocycles. The average molecular weight is 297 g/mol. The fourth-order valence-electron chi connectivity index (χ4n) is 3.28. The molecule has 0 spiro atoms. The van der Waals surface area contributed by atoms with Crippen molar-refractivity contribution in [1.29, 1.82) is 0 Å². The normalized spacial score (nSPS) is 15.1. The van der Waals surface area contributed by atoms with Crippen molar-refractivity contribution in [3.63, 3.8) is 0 Å². The zero-order valence-electron chi connectivity index (χ0n) is 13.1. The summed E-state index contributed by atoms with van der Waals surface area (Å²) in [7, 11) is 0. The molecule has 1 aromatic heterocycles. The van der Waals surface area contributed by atoms with E-state index < -0.39 is 0 Å². The third-order valence-electron chi connectivity index (χ3n) is 4.47. The van der Waals surface area contributed by atoms with Gasteiger partial charge in [-0.3, -0.25) is 9.48 Å². The van der Waals surface area contributed by atoms with Crippen LogP contribution in [0.3, 0.4) is 0 Å². The molecule has 3 rings (SSSR count). The third kappa shape index (κ3) is 3.21. The molecule has 0 aliphatic heterocycles. The molecule has 22 heavy (non-hydrogen) atoms. The minimum absolute atomic E-state index is 0.167. The number of carbonyl (C=O) groups excluding carboxylic acids is 1. The Hall–Kier alpha value is -2.10. The van der Waals surface area contributed by atoms with Crippen LogP contribution in [0.2, 0.25) is 0 Å². The first-order valence-corrected chi connectivity index (χ1v) is 8.15. The number of rotatable bonds is 5. The van der Waals surface area contributed by atoms with Gasteiger partial charge in [-0.25, -0.2) is 0 Å². The minimum Gasteiger partial charge on any atom is -0.336 e. The van der Waals surface area contributed by atoms with E-state index in [9.17, 15) is 4.79 Å². The maximum Gasteiger partial charge on any atom is 0.254 e. The zero-order valence-corrected chi connectivity index (χ0v) is 13.1. The Labute approximate surface area is 131 Å². The number of amides is 1. The van der Waals surface area contributed by atoms with E-state index in [1.807, 2.05) is 46.1 Å². The maximum absolute atomic E-state index is 12.7. The predicted octanol–water partition coefficient (Wildman–Crippen LogP) is 3.34. The summed E-state index contributed by atoms with van der Waals surface area (Å²) in [6.45, 7) is 3.60. The summed E-state index contributed by atoms with van der Waals surface area (Å²) in [5.41, 5.74) is 1.95. The smallest absolute Gasteiger partial charge is 0.254 e. The van der Waals surface area contributed by atoms with Gasteiger partial charge in [0.05, 0.1) is 6.54 Å². The molecule has 2 aromatic rings. The van der Waals surface area contributed by atoms with Gasteiger partial charge in [0.25, 0.3) is 5.91 Å². The lowest BCUT2D eigenvalue weighted by molar-refractivity contribution is 0.0693. The van der Waals surface area contributed by atoms with Crippen LogP contribution in [0, 0.1) is 0 Å². The Morgan fingerprint density at radius 2 is 2.00 bits per heavy atom. The van der Waals surface area contributed by atoms with Gasteiger partial charge in [-0.2, -0.15) is 5.10 Å². The number of nitrogens with zero attached hydrogens (tertiary/aromatic N) is 3. The molecule has 1 aromatic carbocycles. The second-order valence-electron chi connectivity index (χ2n) is 5.93. The SMILES string of the molecule is CCN(C(=O)c1ccc(Cn2cccn2)cc1)C1CCCC1. The summed E-state index contributed by atoms with van der Waals surface area (Å²) < 4.78 is 1.88. The molecule has 0 N–H and O–H groups in total. The molecule has 4 nitrogen and oxygen atoms in total. The lowest BCUT2D eigenvalue weighted by atomic mass is 10.1. The standard InChI is InChI=1S/C18H23N3O/c1-2-21(17-6-3-4-7-17)18(22)16-10-8-15(9-11-16)14-20-13-5-12-19-20/h5,8-13,17H,2-4,6-7,14H2,1H3. The Morgan fingerprint density at radius 3 is 2.59 bits per heavy atom. The van der Waals surface area contributed by atoms with E-state index >= 15 is 0 Å². The monoisotopic (exact) mass is 297 g/mol. The Kier molecular flexibility index (Phi) is 4.56. The number of carbonyl (C=O) groups is 1. The highest BCUT2D eigenvalue weighted by Crippen LogP contribution is 2.24. The largest absolute Gasteiger partial charge is 0.336 e. The predicted molar refractivity (Wildman–Crippen MR) is 86.7 cm³/mol. The van der Waals surface area contributed by atoms with E-state index in [0.717, 1.165) is 37.1 Å². The topological polar surface area (TPSA) is 38.1 Å². The lowest BCUT2D eigenvalue weighted by Gasteiger charge is -2.27. The number of aromatic nitrogens is 2. The third-order valence-corrected chi connectivity index (χ3v) is 4.47. The van der Waals surface area contributed by atoms with Crippen molar-refractivity contribution in [1.82, 2.24) is 14.7 Å². The van der Waals surface area contributed by atoms with E-state index in [1.54, 1.807) is 6.20 Å². The molecule has 1 amide bonds. The van der Waals surface area contributed by atoms with Gasteiger partial charge in [-0.05, 0) is 43.5 Å². The molecule has 1 aliphatic rings. The van der Waals surface area contributed by atoms with Crippen molar-refractivity contribution in [2.45, 2.75) is 45.2 Å². The van der Waals surface area contributed by atoms with Crippen molar-refractivity contribution in [2.24, 2.45) is 0 Å². The molecule has 4 heteroatoms. The van der Waals surface area contributed by atoms with Gasteiger partial charge >= 0.3 is 0 Å². The maximum atomic E-state index is 12.7. The highest BCUT2D eigenvalue weighted by atomic mass is 16.2. The molecule has 1 saturated carbocycles. The van der Waals surface area contributed by atoms with Gasteiger partial charge in [0.1, 0.15) is 0 Å². The van der Waals surface area contributed by atoms with Gasteiger partial charge in [0.2, 0.25) is 0 Å². The van der Waals surface area contributed by atoms with Crippen molar-refractivity contribution in [3.05, 3.63) is 53.9 Å². The summed E-state index contributed by atoms with van der Waals surface area (Å²) in [6.07, 6.45) is 8.51. The van der Waals surface area contributed by atoms with Crippen molar-refractivity contribution >= 4 is 5.91 Å². The van der Waals surface area contributed by atoms with E-state index in [-0.39, 0.29) is 5.91 Å². The summed E-state index contributed by atoms with van der Waals surface area (Å²) in [5.74, 6) is 0.167. The van der Waals surface area contributed by atoms with Crippen molar-refractivity contribution in [3.8, 4) is 0 Å². The van der Waals surface area contributed by atoms with E-state index in [4.69, 9.17) is 0 Å². The van der Waals surface area contributed by atoms with Crippen molar-refractivity contribution in [2.75, 3.05) is 6.54 Å². The van der Waals surface area contributed by atoms with Crippen LogP contribution >= 0.6 is 0 Å². The number of hydrogen-bond acceptors (Lipinski definition) is 2. The molecule has 1 heterocycles. The molecule has 1 aliphatic carbocycles. The van der Waals surface area contributed by atoms with Crippen LogP contribution in [0.15, 0.2) is 42.7 Å². The quantitative estimate of drug-likeness (QED) is 0.849. The van der Waals surface area contributed by atoms with Crippen LogP contribution in [-0.2, 0) is 6.54 Å². The van der Waals surface area contributed by atoms with Crippen LogP contribution < -0.4 is 0 Å². The van der Waals surface area contributed by atoms with Crippen LogP contribution in [0.1, 0.15) is 48.5 Å². The minimum atomic E-state index is 0.167. The molecule has 0 atom stereocenters. The highest BCUT2D eigenvalue weighted by Gasteiger charge is 2.25. The number of benzene rings is 1. The first-order chi connectivity index (χ1) is 10.8. The second kappa shape index (κ2) is 6.77. The first-order valence-electron chi connectivity index (χ1n) is 8.15. The summed E-state index contributed by atoms with van der Waals surface area (Å²) in [4.78, 5) is 14.7. The Bertz CT molecular complexity index is 598. The summed E-state index contributed by atoms with van der Waals surface area (Å²) in [5, 5.41) is 4.20. The second-order valence-corrected chi connectivity index (χ2v) is 5.93. The van der Waals surface area contributed by atoms with Crippen LogP contribution in [0.4, 0.5) is 0 Å². The highest BCUT2D eigenvalue weighted by molar-refractivity contribution is 5.94. The Morgan fingerprint density at radius 1 is 1.27 bits per heavy atom. The fraction of sp³-hybridized carbons (Fsp3) is 0.444. The average Bonchev–Trinajstić information content (AvgIpc) is 3.22. The fourth-order valence-corrected chi connectivity index (χ4v) is 3.28. The van der Waals surface area contributed by atoms with Gasteiger partial charge in [0.15, 0.2) is 0 Å². The van der Waals surface area contributed by atoms with E-state index in [1.165, 1.54) is 12.8 Å². The molecule has 0 radical (unpaired) electrons. The van der Waals surface area contributed by atoms with Crippen LogP contribution in [-0.4, -0.2) is 33.2 Å².